The largest absolute Gasteiger partial charge is 0.508 e. The first-order valence-electron chi connectivity index (χ1n) is 6.42. The van der Waals surface area contributed by atoms with Gasteiger partial charge in [0, 0.05) is 23.4 Å². The number of Topliss-reactive ketones (excluding diaryl/α,β-unsaturated/α-hetero) is 1. The van der Waals surface area contributed by atoms with E-state index in [0.717, 1.165) is 12.1 Å². The van der Waals surface area contributed by atoms with E-state index in [9.17, 15) is 24.8 Å². The maximum absolute atomic E-state index is 11.9. The monoisotopic (exact) mass is 316 g/mol. The summed E-state index contributed by atoms with van der Waals surface area (Å²) in [5.74, 6) is -1.64. The van der Waals surface area contributed by atoms with E-state index < -0.39 is 23.3 Å². The van der Waals surface area contributed by atoms with Crippen LogP contribution >= 0.6 is 0 Å². The zero-order valence-electron chi connectivity index (χ0n) is 11.8. The van der Waals surface area contributed by atoms with Crippen LogP contribution in [0.4, 0.5) is 11.4 Å². The molecule has 3 N–H and O–H groups in total. The fourth-order valence-electron chi connectivity index (χ4n) is 1.81. The van der Waals surface area contributed by atoms with Gasteiger partial charge in [-0.25, -0.2) is 4.79 Å². The van der Waals surface area contributed by atoms with Crippen LogP contribution in [0.3, 0.4) is 0 Å². The number of esters is 1. The van der Waals surface area contributed by atoms with Crippen molar-refractivity contribution >= 4 is 23.1 Å². The molecule has 0 saturated carbocycles. The molecular weight excluding hydrogens is 304 g/mol. The van der Waals surface area contributed by atoms with Crippen molar-refractivity contribution in [3.63, 3.8) is 0 Å². The van der Waals surface area contributed by atoms with E-state index >= 15 is 0 Å². The zero-order valence-corrected chi connectivity index (χ0v) is 11.8. The summed E-state index contributed by atoms with van der Waals surface area (Å²) < 4.78 is 4.83. The average Bonchev–Trinajstić information content (AvgIpc) is 2.54. The highest BCUT2D eigenvalue weighted by Gasteiger charge is 2.16. The Kier molecular flexibility index (Phi) is 4.55. The highest BCUT2D eigenvalue weighted by Crippen LogP contribution is 2.19. The first-order valence-corrected chi connectivity index (χ1v) is 6.42. The second-order valence-electron chi connectivity index (χ2n) is 4.58. The predicted molar refractivity (Wildman–Crippen MR) is 80.2 cm³/mol. The average molecular weight is 316 g/mol. The Labute approximate surface area is 130 Å². The molecule has 0 aromatic heterocycles. The van der Waals surface area contributed by atoms with E-state index in [1.807, 2.05) is 0 Å². The molecule has 23 heavy (non-hydrogen) atoms. The summed E-state index contributed by atoms with van der Waals surface area (Å²) >= 11 is 0. The molecule has 2 aromatic carbocycles. The first-order chi connectivity index (χ1) is 10.9. The number of anilines is 1. The summed E-state index contributed by atoms with van der Waals surface area (Å²) in [4.78, 5) is 33.8. The zero-order chi connectivity index (χ0) is 17.0. The summed E-state index contributed by atoms with van der Waals surface area (Å²) in [7, 11) is 0. The smallest absolute Gasteiger partial charge is 0.340 e. The van der Waals surface area contributed by atoms with Crippen LogP contribution in [0.1, 0.15) is 20.7 Å². The molecule has 8 heteroatoms. The maximum atomic E-state index is 11.9. The molecule has 0 unspecified atom stereocenters. The Balaban J connectivity index is 2.07. The van der Waals surface area contributed by atoms with Crippen LogP contribution < -0.4 is 5.73 Å². The minimum atomic E-state index is -0.878. The molecule has 0 saturated heterocycles. The van der Waals surface area contributed by atoms with Crippen molar-refractivity contribution in [2.24, 2.45) is 0 Å². The van der Waals surface area contributed by atoms with E-state index in [0.29, 0.717) is 0 Å². The standard InChI is InChI=1S/C15H12N2O6/c16-13-5-4-11(18)7-12(13)15(20)23-8-14(19)9-2-1-3-10(6-9)17(21)22/h1-7,18H,8,16H2. The Hall–Kier alpha value is -3.42. The van der Waals surface area contributed by atoms with E-state index in [2.05, 4.69) is 0 Å². The number of carbonyl (C=O) groups is 2. The first kappa shape index (κ1) is 16.0. The van der Waals surface area contributed by atoms with Gasteiger partial charge in [-0.15, -0.1) is 0 Å². The molecule has 0 aliphatic carbocycles. The molecule has 0 fully saturated rings. The molecule has 0 aliphatic rings. The van der Waals surface area contributed by atoms with Gasteiger partial charge in [-0.1, -0.05) is 12.1 Å². The number of phenols is 1. The number of carbonyl (C=O) groups excluding carboxylic acids is 2. The van der Waals surface area contributed by atoms with Gasteiger partial charge >= 0.3 is 5.97 Å². The molecule has 118 valence electrons. The van der Waals surface area contributed by atoms with Gasteiger partial charge in [0.2, 0.25) is 5.78 Å². The fourth-order valence-corrected chi connectivity index (χ4v) is 1.81. The van der Waals surface area contributed by atoms with Crippen molar-refractivity contribution in [2.45, 2.75) is 0 Å². The van der Waals surface area contributed by atoms with Gasteiger partial charge in [0.25, 0.3) is 5.69 Å². The lowest BCUT2D eigenvalue weighted by Crippen LogP contribution is -2.15. The highest BCUT2D eigenvalue weighted by atomic mass is 16.6. The Morgan fingerprint density at radius 1 is 1.22 bits per heavy atom. The quantitative estimate of drug-likeness (QED) is 0.215. The Morgan fingerprint density at radius 3 is 2.65 bits per heavy atom. The Morgan fingerprint density at radius 2 is 1.96 bits per heavy atom. The number of phenolic OH excluding ortho intramolecular Hbond substituents is 1. The minimum Gasteiger partial charge on any atom is -0.508 e. The van der Waals surface area contributed by atoms with Crippen LogP contribution in [0.25, 0.3) is 0 Å². The molecule has 8 nitrogen and oxygen atoms in total. The number of ether oxygens (including phenoxy) is 1. The Bertz CT molecular complexity index is 787. The van der Waals surface area contributed by atoms with Crippen LogP contribution in [-0.4, -0.2) is 28.4 Å². The van der Waals surface area contributed by atoms with Gasteiger partial charge in [0.05, 0.1) is 10.5 Å². The van der Waals surface area contributed by atoms with E-state index in [1.165, 1.54) is 30.3 Å². The van der Waals surface area contributed by atoms with Crippen LogP contribution in [0.15, 0.2) is 42.5 Å². The number of hydrogen-bond acceptors (Lipinski definition) is 7. The van der Waals surface area contributed by atoms with Gasteiger partial charge in [-0.2, -0.15) is 0 Å². The van der Waals surface area contributed by atoms with Gasteiger partial charge in [-0.05, 0) is 18.2 Å². The fraction of sp³-hybridized carbons (Fsp3) is 0.0667. The van der Waals surface area contributed by atoms with E-state index in [-0.39, 0.29) is 28.3 Å². The van der Waals surface area contributed by atoms with Crippen molar-refractivity contribution in [3.05, 3.63) is 63.7 Å². The predicted octanol–water partition coefficient (Wildman–Crippen LogP) is 1.92. The van der Waals surface area contributed by atoms with Gasteiger partial charge in [0.15, 0.2) is 6.61 Å². The molecule has 0 amide bonds. The molecule has 0 aliphatic heterocycles. The van der Waals surface area contributed by atoms with Gasteiger partial charge in [-0.3, -0.25) is 14.9 Å². The molecule has 0 atom stereocenters. The number of benzene rings is 2. The number of nitro benzene ring substituents is 1. The summed E-state index contributed by atoms with van der Waals surface area (Å²) in [6, 6.07) is 8.84. The number of non-ortho nitro benzene ring substituents is 1. The van der Waals surface area contributed by atoms with E-state index in [4.69, 9.17) is 10.5 Å². The highest BCUT2D eigenvalue weighted by molar-refractivity contribution is 6.01. The summed E-state index contributed by atoms with van der Waals surface area (Å²) in [5.41, 5.74) is 5.43. The number of nitrogens with two attached hydrogens (primary N) is 1. The summed E-state index contributed by atoms with van der Waals surface area (Å²) in [5, 5.41) is 20.0. The third-order valence-electron chi connectivity index (χ3n) is 2.97. The second kappa shape index (κ2) is 6.56. The number of ketones is 1. The lowest BCUT2D eigenvalue weighted by Gasteiger charge is -2.07. The number of rotatable bonds is 5. The molecule has 2 rings (SSSR count). The second-order valence-corrected chi connectivity index (χ2v) is 4.58. The molecule has 0 bridgehead atoms. The number of aromatic hydroxyl groups is 1. The summed E-state index contributed by atoms with van der Waals surface area (Å²) in [6.07, 6.45) is 0. The van der Waals surface area contributed by atoms with Crippen molar-refractivity contribution < 1.29 is 24.4 Å². The van der Waals surface area contributed by atoms with Crippen molar-refractivity contribution in [1.82, 2.24) is 0 Å². The lowest BCUT2D eigenvalue weighted by atomic mass is 10.1. The van der Waals surface area contributed by atoms with Gasteiger partial charge < -0.3 is 15.6 Å². The number of nitro groups is 1. The molecule has 2 aromatic rings. The molecule has 0 heterocycles. The van der Waals surface area contributed by atoms with Crippen LogP contribution in [0.5, 0.6) is 5.75 Å². The van der Waals surface area contributed by atoms with Crippen LogP contribution in [0, 0.1) is 10.1 Å². The van der Waals surface area contributed by atoms with Crippen LogP contribution in [-0.2, 0) is 4.74 Å². The summed E-state index contributed by atoms with van der Waals surface area (Å²) in [6.45, 7) is -0.602. The minimum absolute atomic E-state index is 0.0517. The topological polar surface area (TPSA) is 133 Å². The van der Waals surface area contributed by atoms with Crippen molar-refractivity contribution in [2.75, 3.05) is 12.3 Å². The lowest BCUT2D eigenvalue weighted by molar-refractivity contribution is -0.384. The van der Waals surface area contributed by atoms with Crippen molar-refractivity contribution in [3.8, 4) is 5.75 Å². The number of nitrogen functional groups attached to an aromatic ring is 1. The van der Waals surface area contributed by atoms with Gasteiger partial charge in [0.1, 0.15) is 5.75 Å². The number of nitrogens with zero attached hydrogens (tertiary/aromatic N) is 1. The SMILES string of the molecule is Nc1ccc(O)cc1C(=O)OCC(=O)c1cccc([N+](=O)[O-])c1. The van der Waals surface area contributed by atoms with Crippen molar-refractivity contribution in [1.29, 1.82) is 0 Å². The van der Waals surface area contributed by atoms with Crippen LogP contribution in [0.2, 0.25) is 0 Å². The third-order valence-corrected chi connectivity index (χ3v) is 2.97. The molecule has 0 radical (unpaired) electrons. The maximum Gasteiger partial charge on any atom is 0.340 e. The molecular formula is C15H12N2O6. The number of hydrogen-bond donors (Lipinski definition) is 2. The third kappa shape index (κ3) is 3.82. The molecule has 0 spiro atoms. The normalized spacial score (nSPS) is 10.1. The van der Waals surface area contributed by atoms with E-state index in [1.54, 1.807) is 0 Å².